The van der Waals surface area contributed by atoms with Gasteiger partial charge in [-0.1, -0.05) is 12.2 Å². The molecule has 0 atom stereocenters. The Labute approximate surface area is 90.9 Å². The molecule has 84 valence electrons. The number of nitrogens with zero attached hydrogens (tertiary/aromatic N) is 3. The number of aryl methyl sites for hydroxylation is 1. The Morgan fingerprint density at radius 1 is 1.50 bits per heavy atom. The van der Waals surface area contributed by atoms with Crippen LogP contribution in [0, 0.1) is 0 Å². The molecule has 6 heteroatoms. The molecule has 0 unspecified atom stereocenters. The van der Waals surface area contributed by atoms with Crippen molar-refractivity contribution in [3.63, 3.8) is 0 Å². The molecule has 0 amide bonds. The summed E-state index contributed by atoms with van der Waals surface area (Å²) in [5.74, 6) is 0. The molecule has 0 saturated carbocycles. The number of imidazole rings is 1. The van der Waals surface area contributed by atoms with Crippen LogP contribution in [-0.4, -0.2) is 19.1 Å². The number of aromatic amines is 1. The molecule has 0 radical (unpaired) electrons. The van der Waals surface area contributed by atoms with Gasteiger partial charge < -0.3 is 4.57 Å². The summed E-state index contributed by atoms with van der Waals surface area (Å²) < 4.78 is 3.02. The molecule has 0 saturated heterocycles. The maximum Gasteiger partial charge on any atom is 0.329 e. The number of fused-ring (bicyclic) bond motifs is 1. The molecular weight excluding hydrogens is 208 g/mol. The van der Waals surface area contributed by atoms with Crippen LogP contribution in [0.3, 0.4) is 0 Å². The van der Waals surface area contributed by atoms with Gasteiger partial charge in [-0.05, 0) is 6.92 Å². The number of aromatic nitrogens is 4. The van der Waals surface area contributed by atoms with Crippen LogP contribution in [-0.2, 0) is 13.6 Å². The topological polar surface area (TPSA) is 72.7 Å². The number of H-pyrrole nitrogens is 1. The molecule has 0 aromatic carbocycles. The first-order chi connectivity index (χ1) is 7.65. The summed E-state index contributed by atoms with van der Waals surface area (Å²) in [5.41, 5.74) is -0.0349. The predicted molar refractivity (Wildman–Crippen MR) is 60.4 cm³/mol. The van der Waals surface area contributed by atoms with Gasteiger partial charge in [-0.15, -0.1) is 0 Å². The van der Waals surface area contributed by atoms with Gasteiger partial charge in [-0.3, -0.25) is 14.3 Å². The smallest absolute Gasteiger partial charge is 0.321 e. The molecule has 0 fully saturated rings. The normalized spacial score (nSPS) is 11.6. The van der Waals surface area contributed by atoms with Gasteiger partial charge in [-0.25, -0.2) is 9.78 Å². The second-order valence-corrected chi connectivity index (χ2v) is 3.46. The average Bonchev–Trinajstić information content (AvgIpc) is 2.67. The number of nitrogens with one attached hydrogen (secondary N) is 1. The Morgan fingerprint density at radius 2 is 2.25 bits per heavy atom. The van der Waals surface area contributed by atoms with E-state index in [1.165, 1.54) is 4.57 Å². The zero-order valence-electron chi connectivity index (χ0n) is 9.10. The maximum absolute atomic E-state index is 11.6. The van der Waals surface area contributed by atoms with Crippen molar-refractivity contribution in [3.8, 4) is 0 Å². The molecule has 16 heavy (non-hydrogen) atoms. The first kappa shape index (κ1) is 10.4. The lowest BCUT2D eigenvalue weighted by Crippen LogP contribution is -2.29. The predicted octanol–water partition coefficient (Wildman–Crippen LogP) is -0.000600. The fraction of sp³-hybridized carbons (Fsp3) is 0.300. The molecule has 1 N–H and O–H groups in total. The molecule has 0 spiro atoms. The number of hydrogen-bond donors (Lipinski definition) is 1. The van der Waals surface area contributed by atoms with Gasteiger partial charge >= 0.3 is 5.69 Å². The summed E-state index contributed by atoms with van der Waals surface area (Å²) in [5, 5.41) is 0. The van der Waals surface area contributed by atoms with Crippen LogP contribution < -0.4 is 11.2 Å². The van der Waals surface area contributed by atoms with Crippen LogP contribution in [0.2, 0.25) is 0 Å². The summed E-state index contributed by atoms with van der Waals surface area (Å²) >= 11 is 0. The first-order valence-electron chi connectivity index (χ1n) is 4.90. The summed E-state index contributed by atoms with van der Waals surface area (Å²) in [6.07, 6.45) is 5.35. The Morgan fingerprint density at radius 3 is 2.94 bits per heavy atom. The average molecular weight is 220 g/mol. The lowest BCUT2D eigenvalue weighted by atomic mass is 10.4. The second kappa shape index (κ2) is 3.80. The van der Waals surface area contributed by atoms with Gasteiger partial charge in [0.25, 0.3) is 5.56 Å². The largest absolute Gasteiger partial charge is 0.329 e. The highest BCUT2D eigenvalue weighted by atomic mass is 16.2. The van der Waals surface area contributed by atoms with Crippen LogP contribution in [0.15, 0.2) is 28.1 Å². The highest BCUT2D eigenvalue weighted by Gasteiger charge is 2.09. The third-order valence-corrected chi connectivity index (χ3v) is 2.41. The van der Waals surface area contributed by atoms with E-state index in [2.05, 4.69) is 9.97 Å². The molecule has 0 aliphatic heterocycles. The Hall–Kier alpha value is -2.11. The third-order valence-electron chi connectivity index (χ3n) is 2.41. The summed E-state index contributed by atoms with van der Waals surface area (Å²) in [6.45, 7) is 2.47. The van der Waals surface area contributed by atoms with E-state index in [-0.39, 0.29) is 0 Å². The van der Waals surface area contributed by atoms with Gasteiger partial charge in [0.1, 0.15) is 0 Å². The fourth-order valence-corrected chi connectivity index (χ4v) is 1.54. The number of hydrogen-bond acceptors (Lipinski definition) is 3. The van der Waals surface area contributed by atoms with E-state index in [4.69, 9.17) is 0 Å². The second-order valence-electron chi connectivity index (χ2n) is 3.46. The molecule has 0 aliphatic rings. The zero-order chi connectivity index (χ0) is 11.7. The van der Waals surface area contributed by atoms with E-state index < -0.39 is 11.2 Å². The van der Waals surface area contributed by atoms with Crippen molar-refractivity contribution in [3.05, 3.63) is 39.3 Å². The molecule has 2 aromatic heterocycles. The van der Waals surface area contributed by atoms with Crippen LogP contribution in [0.5, 0.6) is 0 Å². The van der Waals surface area contributed by atoms with Gasteiger partial charge in [0.05, 0.1) is 6.33 Å². The van der Waals surface area contributed by atoms with E-state index in [0.29, 0.717) is 17.7 Å². The summed E-state index contributed by atoms with van der Waals surface area (Å²) in [4.78, 5) is 29.3. The lowest BCUT2D eigenvalue weighted by molar-refractivity contribution is 0.817. The Bertz CT molecular complexity index is 659. The lowest BCUT2D eigenvalue weighted by Gasteiger charge is -2.00. The van der Waals surface area contributed by atoms with Gasteiger partial charge in [-0.2, -0.15) is 0 Å². The van der Waals surface area contributed by atoms with Crippen molar-refractivity contribution in [1.82, 2.24) is 19.1 Å². The SMILES string of the molecule is C/C=C/Cn1cnc2c1c(=O)[nH]c(=O)n2C. The Kier molecular flexibility index (Phi) is 2.47. The van der Waals surface area contributed by atoms with E-state index >= 15 is 0 Å². The van der Waals surface area contributed by atoms with E-state index in [1.807, 2.05) is 19.1 Å². The van der Waals surface area contributed by atoms with Gasteiger partial charge in [0.15, 0.2) is 11.2 Å². The summed E-state index contributed by atoms with van der Waals surface area (Å²) in [7, 11) is 1.58. The van der Waals surface area contributed by atoms with Crippen molar-refractivity contribution in [1.29, 1.82) is 0 Å². The molecule has 0 bridgehead atoms. The number of allylic oxidation sites excluding steroid dienone is 2. The first-order valence-corrected chi connectivity index (χ1v) is 4.90. The molecule has 2 aromatic rings. The molecule has 0 aliphatic carbocycles. The van der Waals surface area contributed by atoms with Gasteiger partial charge in [0, 0.05) is 13.6 Å². The minimum absolute atomic E-state index is 0.401. The fourth-order valence-electron chi connectivity index (χ4n) is 1.54. The molecular formula is C10H12N4O2. The minimum atomic E-state index is -0.450. The van der Waals surface area contributed by atoms with E-state index in [1.54, 1.807) is 17.9 Å². The van der Waals surface area contributed by atoms with E-state index in [9.17, 15) is 9.59 Å². The van der Waals surface area contributed by atoms with Crippen LogP contribution >= 0.6 is 0 Å². The highest BCUT2D eigenvalue weighted by Crippen LogP contribution is 2.04. The van der Waals surface area contributed by atoms with Crippen molar-refractivity contribution >= 4 is 11.2 Å². The zero-order valence-corrected chi connectivity index (χ0v) is 9.10. The van der Waals surface area contributed by atoms with Crippen LogP contribution in [0.4, 0.5) is 0 Å². The van der Waals surface area contributed by atoms with Crippen molar-refractivity contribution in [2.75, 3.05) is 0 Å². The Balaban J connectivity index is 2.77. The highest BCUT2D eigenvalue weighted by molar-refractivity contribution is 5.69. The molecule has 2 rings (SSSR count). The summed E-state index contributed by atoms with van der Waals surface area (Å²) in [6, 6.07) is 0. The molecule has 6 nitrogen and oxygen atoms in total. The minimum Gasteiger partial charge on any atom is -0.321 e. The monoisotopic (exact) mass is 220 g/mol. The molecule has 2 heterocycles. The number of rotatable bonds is 2. The van der Waals surface area contributed by atoms with Crippen molar-refractivity contribution in [2.45, 2.75) is 13.5 Å². The maximum atomic E-state index is 11.6. The quantitative estimate of drug-likeness (QED) is 0.724. The van der Waals surface area contributed by atoms with Crippen molar-refractivity contribution in [2.24, 2.45) is 7.05 Å². The van der Waals surface area contributed by atoms with Crippen LogP contribution in [0.1, 0.15) is 6.92 Å². The standard InChI is InChI=1S/C10H12N4O2/c1-3-4-5-14-6-11-8-7(14)9(15)12-10(16)13(8)2/h3-4,6H,5H2,1-2H3,(H,12,15,16)/b4-3+. The van der Waals surface area contributed by atoms with Crippen molar-refractivity contribution < 1.29 is 0 Å². The third kappa shape index (κ3) is 1.48. The van der Waals surface area contributed by atoms with Gasteiger partial charge in [0.2, 0.25) is 0 Å². The van der Waals surface area contributed by atoms with Crippen LogP contribution in [0.25, 0.3) is 11.2 Å². The van der Waals surface area contributed by atoms with E-state index in [0.717, 1.165) is 0 Å².